The molecule has 1 aliphatic carbocycles. The third kappa shape index (κ3) is 0.727. The summed E-state index contributed by atoms with van der Waals surface area (Å²) in [5, 5.41) is 8.50. The zero-order valence-corrected chi connectivity index (χ0v) is 5.26. The number of rotatable bonds is 0. The number of nitriles is 1. The summed E-state index contributed by atoms with van der Waals surface area (Å²) in [4.78, 5) is 0. The molecule has 0 amide bonds. The SMILES string of the molecule is N#CC1COC2(CC2)C1. The molecule has 0 aromatic rings. The molecule has 0 aromatic carbocycles. The van der Waals surface area contributed by atoms with E-state index in [4.69, 9.17) is 10.00 Å². The molecular formula is C7H9NO. The highest BCUT2D eigenvalue weighted by Crippen LogP contribution is 2.48. The quantitative estimate of drug-likeness (QED) is 0.483. The molecule has 1 spiro atoms. The average molecular weight is 123 g/mol. The summed E-state index contributed by atoms with van der Waals surface area (Å²) in [6, 6.07) is 2.23. The van der Waals surface area contributed by atoms with Gasteiger partial charge in [-0.3, -0.25) is 0 Å². The molecule has 1 aliphatic heterocycles. The van der Waals surface area contributed by atoms with Gasteiger partial charge < -0.3 is 4.74 Å². The molecule has 1 heterocycles. The Bertz CT molecular complexity index is 166. The van der Waals surface area contributed by atoms with Crippen LogP contribution in [0.2, 0.25) is 0 Å². The molecule has 9 heavy (non-hydrogen) atoms. The second-order valence-corrected chi connectivity index (χ2v) is 3.02. The van der Waals surface area contributed by atoms with E-state index in [2.05, 4.69) is 6.07 Å². The van der Waals surface area contributed by atoms with E-state index >= 15 is 0 Å². The molecule has 2 rings (SSSR count). The smallest absolute Gasteiger partial charge is 0.0724 e. The number of hydrogen-bond acceptors (Lipinski definition) is 2. The van der Waals surface area contributed by atoms with Crippen LogP contribution < -0.4 is 0 Å². The van der Waals surface area contributed by atoms with Gasteiger partial charge in [-0.25, -0.2) is 0 Å². The summed E-state index contributed by atoms with van der Waals surface area (Å²) in [5.74, 6) is 0.187. The van der Waals surface area contributed by atoms with E-state index in [1.54, 1.807) is 0 Å². The summed E-state index contributed by atoms with van der Waals surface area (Å²) >= 11 is 0. The Balaban J connectivity index is 2.02. The first kappa shape index (κ1) is 5.25. The molecular weight excluding hydrogens is 114 g/mol. The van der Waals surface area contributed by atoms with E-state index in [1.807, 2.05) is 0 Å². The molecule has 0 aromatic heterocycles. The summed E-state index contributed by atoms with van der Waals surface area (Å²) in [6.07, 6.45) is 3.36. The Kier molecular flexibility index (Phi) is 0.866. The van der Waals surface area contributed by atoms with E-state index in [0.717, 1.165) is 6.42 Å². The summed E-state index contributed by atoms with van der Waals surface area (Å²) in [7, 11) is 0. The number of nitrogens with zero attached hydrogens (tertiary/aromatic N) is 1. The van der Waals surface area contributed by atoms with E-state index < -0.39 is 0 Å². The molecule has 0 bridgehead atoms. The molecule has 2 aliphatic rings. The number of hydrogen-bond donors (Lipinski definition) is 0. The van der Waals surface area contributed by atoms with Crippen LogP contribution in [0.25, 0.3) is 0 Å². The Morgan fingerprint density at radius 3 is 2.67 bits per heavy atom. The Hall–Kier alpha value is -0.550. The van der Waals surface area contributed by atoms with Crippen molar-refractivity contribution < 1.29 is 4.74 Å². The van der Waals surface area contributed by atoms with E-state index in [9.17, 15) is 0 Å². The highest BCUT2D eigenvalue weighted by Gasteiger charge is 2.50. The third-order valence-corrected chi connectivity index (χ3v) is 2.20. The first-order valence-electron chi connectivity index (χ1n) is 3.38. The fourth-order valence-electron chi connectivity index (χ4n) is 1.42. The van der Waals surface area contributed by atoms with Crippen LogP contribution in [0.5, 0.6) is 0 Å². The maximum Gasteiger partial charge on any atom is 0.0724 e. The van der Waals surface area contributed by atoms with Gasteiger partial charge in [0, 0.05) is 0 Å². The Morgan fingerprint density at radius 2 is 2.33 bits per heavy atom. The molecule has 0 N–H and O–H groups in total. The molecule has 2 fully saturated rings. The van der Waals surface area contributed by atoms with Gasteiger partial charge in [-0.1, -0.05) is 0 Å². The van der Waals surface area contributed by atoms with E-state index in [-0.39, 0.29) is 11.5 Å². The van der Waals surface area contributed by atoms with Gasteiger partial charge >= 0.3 is 0 Å². The van der Waals surface area contributed by atoms with Gasteiger partial charge in [-0.2, -0.15) is 5.26 Å². The average Bonchev–Trinajstić information content (AvgIpc) is 2.44. The van der Waals surface area contributed by atoms with Gasteiger partial charge in [0.1, 0.15) is 0 Å². The van der Waals surface area contributed by atoms with Crippen LogP contribution in [0.15, 0.2) is 0 Å². The van der Waals surface area contributed by atoms with Crippen molar-refractivity contribution in [3.05, 3.63) is 0 Å². The van der Waals surface area contributed by atoms with Crippen molar-refractivity contribution in [1.29, 1.82) is 5.26 Å². The summed E-state index contributed by atoms with van der Waals surface area (Å²) in [6.45, 7) is 0.677. The van der Waals surface area contributed by atoms with Gasteiger partial charge in [-0.05, 0) is 19.3 Å². The van der Waals surface area contributed by atoms with Gasteiger partial charge in [0.2, 0.25) is 0 Å². The van der Waals surface area contributed by atoms with Crippen LogP contribution in [-0.4, -0.2) is 12.2 Å². The second-order valence-electron chi connectivity index (χ2n) is 3.02. The minimum atomic E-state index is 0.187. The normalized spacial score (nSPS) is 36.6. The second kappa shape index (κ2) is 1.48. The standard InChI is InChI=1S/C7H9NO/c8-4-6-3-7(1-2-7)9-5-6/h6H,1-3,5H2. The van der Waals surface area contributed by atoms with Crippen LogP contribution >= 0.6 is 0 Å². The van der Waals surface area contributed by atoms with Crippen LogP contribution in [0.3, 0.4) is 0 Å². The molecule has 1 saturated heterocycles. The van der Waals surface area contributed by atoms with Gasteiger partial charge in [0.25, 0.3) is 0 Å². The van der Waals surface area contributed by atoms with Crippen molar-refractivity contribution in [2.75, 3.05) is 6.61 Å². The fourth-order valence-corrected chi connectivity index (χ4v) is 1.42. The third-order valence-electron chi connectivity index (χ3n) is 2.20. The van der Waals surface area contributed by atoms with E-state index in [0.29, 0.717) is 6.61 Å². The lowest BCUT2D eigenvalue weighted by atomic mass is 10.1. The predicted octanol–water partition coefficient (Wildman–Crippen LogP) is 1.08. The maximum absolute atomic E-state index is 8.50. The monoisotopic (exact) mass is 123 g/mol. The first-order chi connectivity index (χ1) is 4.35. The van der Waals surface area contributed by atoms with Crippen LogP contribution in [-0.2, 0) is 4.74 Å². The van der Waals surface area contributed by atoms with Crippen molar-refractivity contribution in [1.82, 2.24) is 0 Å². The van der Waals surface area contributed by atoms with E-state index in [1.165, 1.54) is 12.8 Å². The zero-order valence-electron chi connectivity index (χ0n) is 5.26. The predicted molar refractivity (Wildman–Crippen MR) is 31.6 cm³/mol. The van der Waals surface area contributed by atoms with Gasteiger partial charge in [-0.15, -0.1) is 0 Å². The Labute approximate surface area is 54.4 Å². The first-order valence-corrected chi connectivity index (χ1v) is 3.38. The van der Waals surface area contributed by atoms with Gasteiger partial charge in [0.15, 0.2) is 0 Å². The van der Waals surface area contributed by atoms with Crippen LogP contribution in [0, 0.1) is 17.2 Å². The minimum absolute atomic E-state index is 0.187. The maximum atomic E-state index is 8.50. The van der Waals surface area contributed by atoms with Crippen LogP contribution in [0.4, 0.5) is 0 Å². The highest BCUT2D eigenvalue weighted by atomic mass is 16.5. The van der Waals surface area contributed by atoms with Crippen LogP contribution in [0.1, 0.15) is 19.3 Å². The lowest BCUT2D eigenvalue weighted by molar-refractivity contribution is 0.0890. The molecule has 0 radical (unpaired) electrons. The highest BCUT2D eigenvalue weighted by molar-refractivity contribution is 5.05. The molecule has 2 heteroatoms. The largest absolute Gasteiger partial charge is 0.374 e. The van der Waals surface area contributed by atoms with Crippen molar-refractivity contribution in [2.24, 2.45) is 5.92 Å². The molecule has 1 atom stereocenters. The van der Waals surface area contributed by atoms with Crippen molar-refractivity contribution in [3.63, 3.8) is 0 Å². The van der Waals surface area contributed by atoms with Gasteiger partial charge in [0.05, 0.1) is 24.2 Å². The molecule has 2 nitrogen and oxygen atoms in total. The van der Waals surface area contributed by atoms with Crippen molar-refractivity contribution in [2.45, 2.75) is 24.9 Å². The molecule has 48 valence electrons. The summed E-state index contributed by atoms with van der Waals surface area (Å²) < 4.78 is 5.43. The molecule has 1 saturated carbocycles. The zero-order chi connectivity index (χ0) is 6.32. The lowest BCUT2D eigenvalue weighted by Gasteiger charge is -2.00. The summed E-state index contributed by atoms with van der Waals surface area (Å²) in [5.41, 5.74) is 0.195. The lowest BCUT2D eigenvalue weighted by Crippen LogP contribution is -2.02. The number of ether oxygens (including phenoxy) is 1. The molecule has 1 unspecified atom stereocenters. The Morgan fingerprint density at radius 1 is 1.56 bits per heavy atom. The van der Waals surface area contributed by atoms with Crippen molar-refractivity contribution >= 4 is 0 Å². The fraction of sp³-hybridized carbons (Fsp3) is 0.857. The van der Waals surface area contributed by atoms with Crippen molar-refractivity contribution in [3.8, 4) is 6.07 Å². The topological polar surface area (TPSA) is 33.0 Å². The minimum Gasteiger partial charge on any atom is -0.374 e.